The summed E-state index contributed by atoms with van der Waals surface area (Å²) in [5, 5.41) is 47.2. The Bertz CT molecular complexity index is 3150. The third-order valence-corrected chi connectivity index (χ3v) is 10.7. The number of para-hydroxylation sites is 1. The van der Waals surface area contributed by atoms with Crippen LogP contribution in [0.25, 0.3) is 10.8 Å². The minimum Gasteiger partial charge on any atom is -0.505 e. The molecule has 0 aliphatic carbocycles. The monoisotopic (exact) mass is 828 g/mol. The molecule has 61 heavy (non-hydrogen) atoms. The summed E-state index contributed by atoms with van der Waals surface area (Å²) < 4.78 is 34.3. The summed E-state index contributed by atoms with van der Waals surface area (Å²) in [6.45, 7) is 9.45. The van der Waals surface area contributed by atoms with E-state index in [4.69, 9.17) is 0 Å². The molecule has 0 aromatic heterocycles. The zero-order valence-corrected chi connectivity index (χ0v) is 34.5. The van der Waals surface area contributed by atoms with Crippen LogP contribution in [0.2, 0.25) is 0 Å². The minimum atomic E-state index is -4.45. The molecule has 0 spiro atoms. The molecule has 15 heteroatoms. The molecule has 302 valence electrons. The molecule has 0 amide bonds. The average Bonchev–Trinajstić information content (AvgIpc) is 3.24. The molecule has 14 nitrogen and oxygen atoms in total. The molecule has 7 rings (SSSR count). The van der Waals surface area contributed by atoms with Crippen molar-refractivity contribution in [3.8, 4) is 5.75 Å². The lowest BCUT2D eigenvalue weighted by atomic mass is 10.1. The van der Waals surface area contributed by atoms with Gasteiger partial charge < -0.3 is 5.11 Å². The Morgan fingerprint density at radius 2 is 1.00 bits per heavy atom. The Hall–Kier alpha value is -7.71. The Morgan fingerprint density at radius 1 is 0.492 bits per heavy atom. The molecule has 7 aromatic rings. The Morgan fingerprint density at radius 3 is 1.61 bits per heavy atom. The van der Waals surface area contributed by atoms with Crippen LogP contribution in [-0.4, -0.2) is 24.2 Å². The molecule has 0 aliphatic rings. The van der Waals surface area contributed by atoms with Gasteiger partial charge in [-0.3, -0.25) is 4.55 Å². The highest BCUT2D eigenvalue weighted by atomic mass is 32.2. The number of hydrogen-bond donors (Lipinski definition) is 2. The number of aryl methyl sites for hydroxylation is 5. The largest absolute Gasteiger partial charge is 0.505 e. The van der Waals surface area contributed by atoms with Gasteiger partial charge >= 0.3 is 6.08 Å². The van der Waals surface area contributed by atoms with Crippen LogP contribution >= 0.6 is 0 Å². The predicted molar refractivity (Wildman–Crippen MR) is 235 cm³/mol. The first-order chi connectivity index (χ1) is 29.3. The third kappa shape index (κ3) is 9.45. The molecule has 0 heterocycles. The van der Waals surface area contributed by atoms with Crippen LogP contribution in [0.5, 0.6) is 5.75 Å². The Labute approximate surface area is 351 Å². The standard InChI is InChI=1S/C46H37N9O5S/c1-28-10-6-8-12-44(28)55(27-56)36-17-18-37-33(26-36)14-19-41(46(37)57)52-54-43-25-31(4)42(24-32(43)5)53-48-35-15-20-38(29(2)22-35)49-47-34-16-21-39(30(3)23-34)50-51-40-11-7-9-13-45(40)61(58,59)60/h6-26H,1-5H3,(H-,47,48,51,54,57,58,59,60)/p+1. The lowest BCUT2D eigenvalue weighted by molar-refractivity contribution is 0.482. The van der Waals surface area contributed by atoms with Gasteiger partial charge in [0.05, 0.1) is 34.1 Å². The number of phenolic OH excluding ortho intramolecular Hbond substituents is 1. The summed E-state index contributed by atoms with van der Waals surface area (Å²) in [6, 6.07) is 36.6. The fourth-order valence-corrected chi connectivity index (χ4v) is 7.01. The van der Waals surface area contributed by atoms with Crippen molar-refractivity contribution in [2.75, 3.05) is 0 Å². The summed E-state index contributed by atoms with van der Waals surface area (Å²) >= 11 is 0. The van der Waals surface area contributed by atoms with E-state index in [-0.39, 0.29) is 16.3 Å². The molecule has 0 fully saturated rings. The van der Waals surface area contributed by atoms with Gasteiger partial charge in [-0.1, -0.05) is 41.0 Å². The molecule has 0 aliphatic heterocycles. The van der Waals surface area contributed by atoms with E-state index in [1.54, 1.807) is 48.5 Å². The lowest BCUT2D eigenvalue weighted by Gasteiger charge is -2.07. The van der Waals surface area contributed by atoms with Crippen molar-refractivity contribution >= 4 is 83.8 Å². The number of nitrogens with zero attached hydrogens (tertiary/aromatic N) is 9. The first kappa shape index (κ1) is 41.4. The van der Waals surface area contributed by atoms with Gasteiger partial charge in [-0.05, 0) is 135 Å². The molecule has 2 N–H and O–H groups in total. The normalized spacial score (nSPS) is 12.0. The number of hydrogen-bond acceptors (Lipinski definition) is 12. The molecule has 0 radical (unpaired) electrons. The van der Waals surface area contributed by atoms with Crippen molar-refractivity contribution in [1.29, 1.82) is 0 Å². The van der Waals surface area contributed by atoms with E-state index in [0.717, 1.165) is 38.9 Å². The van der Waals surface area contributed by atoms with Crippen LogP contribution in [0.15, 0.2) is 173 Å². The number of fused-ring (bicyclic) bond motifs is 1. The van der Waals surface area contributed by atoms with E-state index in [2.05, 4.69) is 40.9 Å². The molecule has 0 saturated carbocycles. The number of aromatic hydroxyl groups is 1. The number of azo groups is 4. The Balaban J connectivity index is 1.01. The smallest absolute Gasteiger partial charge is 0.437 e. The average molecular weight is 829 g/mol. The van der Waals surface area contributed by atoms with Gasteiger partial charge in [0.15, 0.2) is 5.75 Å². The second-order valence-corrected chi connectivity index (χ2v) is 15.6. The van der Waals surface area contributed by atoms with Gasteiger partial charge in [0.2, 0.25) is 11.4 Å². The van der Waals surface area contributed by atoms with Gasteiger partial charge in [-0.25, -0.2) is 0 Å². The molecular formula is C46H38N9O5S+. The molecule has 7 aromatic carbocycles. The highest BCUT2D eigenvalue weighted by molar-refractivity contribution is 7.86. The van der Waals surface area contributed by atoms with Gasteiger partial charge in [0, 0.05) is 29.1 Å². The maximum absolute atomic E-state index is 12.0. The first-order valence-electron chi connectivity index (χ1n) is 18.8. The van der Waals surface area contributed by atoms with E-state index in [9.17, 15) is 22.9 Å². The fourth-order valence-electron chi connectivity index (χ4n) is 6.39. The van der Waals surface area contributed by atoms with E-state index < -0.39 is 10.1 Å². The van der Waals surface area contributed by atoms with Gasteiger partial charge in [-0.15, -0.1) is 10.2 Å². The second-order valence-electron chi connectivity index (χ2n) is 14.2. The SMILES string of the molecule is Cc1cc(N=Nc2cc(C)c(N=Nc3ccc4cc([N+](=C=O)c5ccccc5C)ccc4c3O)cc2C)ccc1N=Nc1ccc(N=Nc2ccccc2S(=O)(=O)O)c(C)c1. The summed E-state index contributed by atoms with van der Waals surface area (Å²) in [5.41, 5.74) is 9.45. The van der Waals surface area contributed by atoms with Crippen LogP contribution in [0.4, 0.5) is 56.9 Å². The van der Waals surface area contributed by atoms with Crippen molar-refractivity contribution in [3.63, 3.8) is 0 Å². The summed E-state index contributed by atoms with van der Waals surface area (Å²) in [4.78, 5) is 11.6. The van der Waals surface area contributed by atoms with Gasteiger partial charge in [-0.2, -0.15) is 43.9 Å². The maximum atomic E-state index is 12.0. The number of benzene rings is 7. The summed E-state index contributed by atoms with van der Waals surface area (Å²) in [6.07, 6.45) is 2.01. The van der Waals surface area contributed by atoms with Crippen molar-refractivity contribution < 1.29 is 22.9 Å². The molecular weight excluding hydrogens is 791 g/mol. The van der Waals surface area contributed by atoms with E-state index in [0.29, 0.717) is 50.9 Å². The highest BCUT2D eigenvalue weighted by Gasteiger charge is 2.19. The third-order valence-electron chi connectivity index (χ3n) is 9.76. The number of carbonyl (C=O) groups excluding carboxylic acids is 1. The Kier molecular flexibility index (Phi) is 12.0. The quantitative estimate of drug-likeness (QED) is 0.0430. The van der Waals surface area contributed by atoms with Crippen LogP contribution < -0.4 is 4.58 Å². The topological polar surface area (TPSA) is 194 Å². The van der Waals surface area contributed by atoms with Gasteiger partial charge in [0.1, 0.15) is 16.3 Å². The van der Waals surface area contributed by atoms with E-state index in [1.165, 1.54) is 22.8 Å². The maximum Gasteiger partial charge on any atom is 0.437 e. The first-order valence-corrected chi connectivity index (χ1v) is 20.3. The van der Waals surface area contributed by atoms with Crippen LogP contribution in [-0.2, 0) is 14.9 Å². The summed E-state index contributed by atoms with van der Waals surface area (Å²) in [7, 11) is -4.45. The fraction of sp³-hybridized carbons (Fsp3) is 0.109. The molecule has 0 bridgehead atoms. The van der Waals surface area contributed by atoms with Crippen LogP contribution in [0.1, 0.15) is 27.8 Å². The number of isocyanates is 1. The van der Waals surface area contributed by atoms with Crippen molar-refractivity contribution in [3.05, 3.63) is 155 Å². The summed E-state index contributed by atoms with van der Waals surface area (Å²) in [5.74, 6) is -0.0252. The molecule has 0 saturated heterocycles. The van der Waals surface area contributed by atoms with Crippen molar-refractivity contribution in [2.45, 2.75) is 39.5 Å². The molecule has 0 unspecified atom stereocenters. The molecule has 0 atom stereocenters. The zero-order valence-electron chi connectivity index (χ0n) is 33.7. The highest BCUT2D eigenvalue weighted by Crippen LogP contribution is 2.39. The predicted octanol–water partition coefficient (Wildman–Crippen LogP) is 14.2. The van der Waals surface area contributed by atoms with Gasteiger partial charge in [0.25, 0.3) is 10.1 Å². The minimum absolute atomic E-state index is 0.0221. The van der Waals surface area contributed by atoms with Crippen molar-refractivity contribution in [1.82, 2.24) is 4.58 Å². The van der Waals surface area contributed by atoms with Crippen LogP contribution in [0.3, 0.4) is 0 Å². The number of rotatable bonds is 11. The van der Waals surface area contributed by atoms with Crippen LogP contribution in [0, 0.1) is 34.6 Å². The lowest BCUT2D eigenvalue weighted by Crippen LogP contribution is -2.03. The number of phenols is 1. The zero-order chi connectivity index (χ0) is 43.3. The van der Waals surface area contributed by atoms with E-state index in [1.807, 2.05) is 101 Å². The van der Waals surface area contributed by atoms with Crippen molar-refractivity contribution in [2.24, 2.45) is 40.9 Å². The van der Waals surface area contributed by atoms with E-state index >= 15 is 0 Å². The second kappa shape index (κ2) is 17.6.